The first-order valence-electron chi connectivity index (χ1n) is 10.4. The standard InChI is InChI=1S/C26H21BrN2O3S/c1-2-17-9-13-21(14-10-17)29-25(31)22(24(30)28-26(29)33)15-19-5-3-4-6-23(19)32-16-18-7-11-20(27)12-8-18/h3-15H,2,16H2,1H3,(H,28,30,33)/b22-15+. The van der Waals surface area contributed by atoms with Crippen LogP contribution in [0.4, 0.5) is 5.69 Å². The van der Waals surface area contributed by atoms with Crippen molar-refractivity contribution < 1.29 is 14.3 Å². The third-order valence-corrected chi connectivity index (χ3v) is 6.04. The van der Waals surface area contributed by atoms with Gasteiger partial charge in [-0.15, -0.1) is 0 Å². The number of amides is 2. The molecule has 0 spiro atoms. The zero-order chi connectivity index (χ0) is 23.4. The van der Waals surface area contributed by atoms with E-state index in [9.17, 15) is 9.59 Å². The highest BCUT2D eigenvalue weighted by Crippen LogP contribution is 2.26. The summed E-state index contributed by atoms with van der Waals surface area (Å²) in [6.45, 7) is 2.41. The van der Waals surface area contributed by atoms with Crippen LogP contribution >= 0.6 is 28.1 Å². The van der Waals surface area contributed by atoms with Crippen LogP contribution in [0.3, 0.4) is 0 Å². The first kappa shape index (κ1) is 22.9. The first-order chi connectivity index (χ1) is 16.0. The lowest BCUT2D eigenvalue weighted by Gasteiger charge is -2.29. The number of nitrogens with zero attached hydrogens (tertiary/aromatic N) is 1. The monoisotopic (exact) mass is 520 g/mol. The molecule has 33 heavy (non-hydrogen) atoms. The third kappa shape index (κ3) is 5.21. The quantitative estimate of drug-likeness (QED) is 0.267. The van der Waals surface area contributed by atoms with Gasteiger partial charge in [0.2, 0.25) is 0 Å². The van der Waals surface area contributed by atoms with Gasteiger partial charge in [0.15, 0.2) is 5.11 Å². The average molecular weight is 521 g/mol. The molecule has 1 heterocycles. The Morgan fingerprint density at radius 3 is 2.33 bits per heavy atom. The van der Waals surface area contributed by atoms with Gasteiger partial charge in [0, 0.05) is 10.0 Å². The van der Waals surface area contributed by atoms with Crippen molar-refractivity contribution in [2.45, 2.75) is 20.0 Å². The number of anilines is 1. The van der Waals surface area contributed by atoms with Crippen molar-refractivity contribution in [2.24, 2.45) is 0 Å². The predicted molar refractivity (Wildman–Crippen MR) is 137 cm³/mol. The second-order valence-corrected chi connectivity index (χ2v) is 8.73. The SMILES string of the molecule is CCc1ccc(N2C(=O)/C(=C/c3ccccc3OCc3ccc(Br)cc3)C(=O)NC2=S)cc1. The number of rotatable bonds is 6. The minimum atomic E-state index is -0.533. The molecular formula is C26H21BrN2O3S. The molecule has 1 N–H and O–H groups in total. The summed E-state index contributed by atoms with van der Waals surface area (Å²) in [5.41, 5.74) is 3.36. The van der Waals surface area contributed by atoms with Gasteiger partial charge in [0.05, 0.1) is 5.69 Å². The minimum absolute atomic E-state index is 0.0112. The number of aryl methyl sites for hydroxylation is 1. The first-order valence-corrected chi connectivity index (χ1v) is 11.6. The largest absolute Gasteiger partial charge is 0.488 e. The fraction of sp³-hybridized carbons (Fsp3) is 0.115. The molecule has 4 rings (SSSR count). The van der Waals surface area contributed by atoms with Gasteiger partial charge in [-0.05, 0) is 66.2 Å². The number of hydrogen-bond donors (Lipinski definition) is 1. The smallest absolute Gasteiger partial charge is 0.270 e. The minimum Gasteiger partial charge on any atom is -0.488 e. The highest BCUT2D eigenvalue weighted by Gasteiger charge is 2.34. The Bertz CT molecular complexity index is 1240. The Morgan fingerprint density at radius 1 is 0.970 bits per heavy atom. The number of nitrogens with one attached hydrogen (secondary N) is 1. The molecule has 0 unspecified atom stereocenters. The van der Waals surface area contributed by atoms with Gasteiger partial charge in [-0.1, -0.05) is 65.3 Å². The second kappa shape index (κ2) is 10.1. The molecular weight excluding hydrogens is 500 g/mol. The number of carbonyl (C=O) groups is 2. The van der Waals surface area contributed by atoms with Crippen LogP contribution in [0, 0.1) is 0 Å². The van der Waals surface area contributed by atoms with E-state index in [1.807, 2.05) is 66.7 Å². The van der Waals surface area contributed by atoms with Crippen molar-refractivity contribution in [3.05, 3.63) is 99.5 Å². The number of carbonyl (C=O) groups excluding carboxylic acids is 2. The number of benzene rings is 3. The Labute approximate surface area is 206 Å². The topological polar surface area (TPSA) is 58.6 Å². The summed E-state index contributed by atoms with van der Waals surface area (Å²) in [5, 5.41) is 2.69. The molecule has 1 saturated heterocycles. The van der Waals surface area contributed by atoms with Crippen LogP contribution in [0.2, 0.25) is 0 Å². The van der Waals surface area contributed by atoms with Crippen molar-refractivity contribution in [1.29, 1.82) is 0 Å². The van der Waals surface area contributed by atoms with Gasteiger partial charge < -0.3 is 4.74 Å². The fourth-order valence-corrected chi connectivity index (χ4v) is 3.95. The molecule has 0 saturated carbocycles. The van der Waals surface area contributed by atoms with Crippen LogP contribution in [0.1, 0.15) is 23.6 Å². The molecule has 1 fully saturated rings. The molecule has 2 amide bonds. The number of para-hydroxylation sites is 1. The van der Waals surface area contributed by atoms with Gasteiger partial charge in [0.1, 0.15) is 17.9 Å². The van der Waals surface area contributed by atoms with Gasteiger partial charge in [0.25, 0.3) is 11.8 Å². The van der Waals surface area contributed by atoms with Gasteiger partial charge in [-0.2, -0.15) is 0 Å². The average Bonchev–Trinajstić information content (AvgIpc) is 2.82. The van der Waals surface area contributed by atoms with E-state index >= 15 is 0 Å². The molecule has 0 radical (unpaired) electrons. The lowest BCUT2D eigenvalue weighted by Crippen LogP contribution is -2.54. The molecule has 0 aromatic heterocycles. The van der Waals surface area contributed by atoms with E-state index in [0.717, 1.165) is 22.0 Å². The maximum absolute atomic E-state index is 13.3. The zero-order valence-corrected chi connectivity index (χ0v) is 20.3. The lowest BCUT2D eigenvalue weighted by atomic mass is 10.1. The number of hydrogen-bond acceptors (Lipinski definition) is 4. The highest BCUT2D eigenvalue weighted by molar-refractivity contribution is 9.10. The molecule has 3 aromatic carbocycles. The summed E-state index contributed by atoms with van der Waals surface area (Å²) in [7, 11) is 0. The van der Waals surface area contributed by atoms with Crippen LogP contribution < -0.4 is 15.0 Å². The third-order valence-electron chi connectivity index (χ3n) is 5.23. The molecule has 5 nitrogen and oxygen atoms in total. The van der Waals surface area contributed by atoms with E-state index < -0.39 is 11.8 Å². The van der Waals surface area contributed by atoms with Gasteiger partial charge in [-0.25, -0.2) is 0 Å². The van der Waals surface area contributed by atoms with E-state index in [1.54, 1.807) is 12.1 Å². The van der Waals surface area contributed by atoms with Crippen molar-refractivity contribution in [3.63, 3.8) is 0 Å². The molecule has 0 atom stereocenters. The molecule has 0 aliphatic carbocycles. The van der Waals surface area contributed by atoms with E-state index in [2.05, 4.69) is 28.2 Å². The highest BCUT2D eigenvalue weighted by atomic mass is 79.9. The molecule has 3 aromatic rings. The fourth-order valence-electron chi connectivity index (χ4n) is 3.40. The van der Waals surface area contributed by atoms with Gasteiger partial charge in [-0.3, -0.25) is 19.8 Å². The van der Waals surface area contributed by atoms with Crippen LogP contribution in [-0.2, 0) is 22.6 Å². The summed E-state index contributed by atoms with van der Waals surface area (Å²) in [5.74, 6) is -0.439. The number of ether oxygens (including phenoxy) is 1. The van der Waals surface area contributed by atoms with Gasteiger partial charge >= 0.3 is 0 Å². The van der Waals surface area contributed by atoms with Crippen LogP contribution in [-0.4, -0.2) is 16.9 Å². The van der Waals surface area contributed by atoms with E-state index in [4.69, 9.17) is 17.0 Å². The lowest BCUT2D eigenvalue weighted by molar-refractivity contribution is -0.122. The molecule has 7 heteroatoms. The van der Waals surface area contributed by atoms with Crippen LogP contribution in [0.15, 0.2) is 82.8 Å². The maximum Gasteiger partial charge on any atom is 0.270 e. The Morgan fingerprint density at radius 2 is 1.64 bits per heavy atom. The second-order valence-electron chi connectivity index (χ2n) is 7.43. The zero-order valence-electron chi connectivity index (χ0n) is 17.9. The molecule has 0 bridgehead atoms. The Kier molecular flexibility index (Phi) is 7.01. The summed E-state index contributed by atoms with van der Waals surface area (Å²) in [4.78, 5) is 27.3. The van der Waals surface area contributed by atoms with E-state index in [-0.39, 0.29) is 10.7 Å². The molecule has 166 valence electrons. The van der Waals surface area contributed by atoms with Crippen molar-refractivity contribution in [3.8, 4) is 5.75 Å². The Hall–Kier alpha value is -3.29. The number of thiocarbonyl (C=S) groups is 1. The summed E-state index contributed by atoms with van der Waals surface area (Å²) in [6.07, 6.45) is 2.43. The maximum atomic E-state index is 13.3. The van der Waals surface area contributed by atoms with Crippen molar-refractivity contribution >= 4 is 56.8 Å². The molecule has 1 aliphatic rings. The summed E-state index contributed by atoms with van der Waals surface area (Å²) in [6, 6.07) is 22.6. The van der Waals surface area contributed by atoms with Crippen molar-refractivity contribution in [1.82, 2.24) is 5.32 Å². The predicted octanol–water partition coefficient (Wildman–Crippen LogP) is 5.42. The Balaban J connectivity index is 1.62. The van der Waals surface area contributed by atoms with Crippen LogP contribution in [0.5, 0.6) is 5.75 Å². The molecule has 1 aliphatic heterocycles. The summed E-state index contributed by atoms with van der Waals surface area (Å²) >= 11 is 8.71. The normalized spacial score (nSPS) is 15.0. The van der Waals surface area contributed by atoms with Crippen molar-refractivity contribution in [2.75, 3.05) is 4.90 Å². The van der Waals surface area contributed by atoms with E-state index in [1.165, 1.54) is 4.90 Å². The van der Waals surface area contributed by atoms with E-state index in [0.29, 0.717) is 23.6 Å². The summed E-state index contributed by atoms with van der Waals surface area (Å²) < 4.78 is 6.98. The number of halogens is 1. The van der Waals surface area contributed by atoms with Crippen LogP contribution in [0.25, 0.3) is 6.08 Å².